The highest BCUT2D eigenvalue weighted by atomic mass is 16.2. The third-order valence-corrected chi connectivity index (χ3v) is 2.59. The maximum Gasteiger partial charge on any atom is 0.245 e. The van der Waals surface area contributed by atoms with Crippen LogP contribution in [-0.2, 0) is 11.2 Å². The van der Waals surface area contributed by atoms with Gasteiger partial charge in [-0.05, 0) is 18.7 Å². The van der Waals surface area contributed by atoms with Crippen molar-refractivity contribution in [3.63, 3.8) is 0 Å². The van der Waals surface area contributed by atoms with Crippen LogP contribution >= 0.6 is 0 Å². The summed E-state index contributed by atoms with van der Waals surface area (Å²) in [6.45, 7) is 0. The minimum atomic E-state index is -0.114. The number of aromatic nitrogens is 1. The fourth-order valence-electron chi connectivity index (χ4n) is 1.76. The van der Waals surface area contributed by atoms with E-state index < -0.39 is 0 Å². The molecule has 0 saturated carbocycles. The van der Waals surface area contributed by atoms with Crippen molar-refractivity contribution < 1.29 is 4.79 Å². The molecule has 0 aliphatic carbocycles. The predicted octanol–water partition coefficient (Wildman–Crippen LogP) is 0.188. The van der Waals surface area contributed by atoms with E-state index in [-0.39, 0.29) is 11.9 Å². The Bertz CT molecular complexity index is 364. The summed E-state index contributed by atoms with van der Waals surface area (Å²) >= 11 is 0. The standard InChI is InChI=1S/C10H13N3O/c1-11-8-6-7-4-3-5-12-9(7)13(2)10(8)14/h3-5,8,11H,6H2,1-2H3. The number of pyridine rings is 1. The molecule has 74 valence electrons. The van der Waals surface area contributed by atoms with Gasteiger partial charge < -0.3 is 5.32 Å². The van der Waals surface area contributed by atoms with E-state index in [0.29, 0.717) is 0 Å². The molecule has 1 aliphatic heterocycles. The number of rotatable bonds is 1. The zero-order chi connectivity index (χ0) is 10.1. The lowest BCUT2D eigenvalue weighted by Crippen LogP contribution is -2.48. The Labute approximate surface area is 82.9 Å². The van der Waals surface area contributed by atoms with Crippen molar-refractivity contribution in [2.75, 3.05) is 19.0 Å². The molecule has 1 N–H and O–H groups in total. The van der Waals surface area contributed by atoms with Crippen molar-refractivity contribution in [1.29, 1.82) is 0 Å². The molecule has 1 amide bonds. The summed E-state index contributed by atoms with van der Waals surface area (Å²) < 4.78 is 0. The van der Waals surface area contributed by atoms with E-state index in [2.05, 4.69) is 10.3 Å². The molecule has 1 aromatic rings. The topological polar surface area (TPSA) is 45.2 Å². The third kappa shape index (κ3) is 1.28. The number of carbonyl (C=O) groups is 1. The number of fused-ring (bicyclic) bond motifs is 1. The van der Waals surface area contributed by atoms with Crippen LogP contribution in [0.3, 0.4) is 0 Å². The molecule has 1 atom stereocenters. The highest BCUT2D eigenvalue weighted by Gasteiger charge is 2.29. The maximum absolute atomic E-state index is 11.7. The summed E-state index contributed by atoms with van der Waals surface area (Å²) in [6, 6.07) is 3.79. The van der Waals surface area contributed by atoms with Gasteiger partial charge >= 0.3 is 0 Å². The molecule has 1 aromatic heterocycles. The molecule has 1 unspecified atom stereocenters. The molecule has 0 fully saturated rings. The number of amides is 1. The van der Waals surface area contributed by atoms with Crippen molar-refractivity contribution in [1.82, 2.24) is 10.3 Å². The number of likely N-dealkylation sites (N-methyl/N-ethyl adjacent to an activating group) is 2. The normalized spacial score (nSPS) is 20.9. The number of anilines is 1. The highest BCUT2D eigenvalue weighted by Crippen LogP contribution is 2.23. The van der Waals surface area contributed by atoms with Crippen LogP contribution in [0.25, 0.3) is 0 Å². The average Bonchev–Trinajstić information content (AvgIpc) is 2.23. The first-order valence-electron chi connectivity index (χ1n) is 4.62. The zero-order valence-corrected chi connectivity index (χ0v) is 8.32. The second kappa shape index (κ2) is 3.38. The lowest BCUT2D eigenvalue weighted by Gasteiger charge is -2.29. The second-order valence-electron chi connectivity index (χ2n) is 3.43. The Kier molecular flexibility index (Phi) is 2.21. The smallest absolute Gasteiger partial charge is 0.245 e. The van der Waals surface area contributed by atoms with Crippen molar-refractivity contribution in [2.45, 2.75) is 12.5 Å². The van der Waals surface area contributed by atoms with Crippen LogP contribution < -0.4 is 10.2 Å². The second-order valence-corrected chi connectivity index (χ2v) is 3.43. The Hall–Kier alpha value is -1.42. The van der Waals surface area contributed by atoms with Gasteiger partial charge in [-0.25, -0.2) is 4.98 Å². The molecular weight excluding hydrogens is 178 g/mol. The Balaban J connectivity index is 2.42. The quantitative estimate of drug-likeness (QED) is 0.689. The summed E-state index contributed by atoms with van der Waals surface area (Å²) in [6.07, 6.45) is 2.44. The molecule has 0 aromatic carbocycles. The van der Waals surface area contributed by atoms with E-state index in [1.807, 2.05) is 12.1 Å². The molecule has 4 heteroatoms. The monoisotopic (exact) mass is 191 g/mol. The molecule has 4 nitrogen and oxygen atoms in total. The van der Waals surface area contributed by atoms with Crippen molar-refractivity contribution in [3.8, 4) is 0 Å². The number of nitrogens with zero attached hydrogens (tertiary/aromatic N) is 2. The van der Waals surface area contributed by atoms with Gasteiger partial charge in [-0.1, -0.05) is 6.07 Å². The Morgan fingerprint density at radius 3 is 3.14 bits per heavy atom. The lowest BCUT2D eigenvalue weighted by atomic mass is 10.0. The van der Waals surface area contributed by atoms with Crippen LogP contribution in [0.4, 0.5) is 5.82 Å². The van der Waals surface area contributed by atoms with E-state index in [9.17, 15) is 4.79 Å². The molecule has 1 aliphatic rings. The van der Waals surface area contributed by atoms with Crippen LogP contribution in [0.1, 0.15) is 5.56 Å². The van der Waals surface area contributed by atoms with E-state index in [0.717, 1.165) is 17.8 Å². The molecule has 2 heterocycles. The number of nitrogens with one attached hydrogen (secondary N) is 1. The number of carbonyl (C=O) groups excluding carboxylic acids is 1. The van der Waals surface area contributed by atoms with Crippen molar-refractivity contribution in [3.05, 3.63) is 23.9 Å². The summed E-state index contributed by atoms with van der Waals surface area (Å²) in [5.41, 5.74) is 1.12. The van der Waals surface area contributed by atoms with Gasteiger partial charge in [-0.3, -0.25) is 9.69 Å². The van der Waals surface area contributed by atoms with Crippen molar-refractivity contribution >= 4 is 11.7 Å². The molecule has 0 bridgehead atoms. The molecule has 14 heavy (non-hydrogen) atoms. The van der Waals surface area contributed by atoms with Crippen LogP contribution in [0.15, 0.2) is 18.3 Å². The van der Waals surface area contributed by atoms with Gasteiger partial charge in [0.2, 0.25) is 5.91 Å². The number of hydrogen-bond donors (Lipinski definition) is 1. The molecular formula is C10H13N3O. The predicted molar refractivity (Wildman–Crippen MR) is 54.2 cm³/mol. The maximum atomic E-state index is 11.7. The minimum absolute atomic E-state index is 0.0821. The van der Waals surface area contributed by atoms with Gasteiger partial charge in [0.05, 0.1) is 6.04 Å². The average molecular weight is 191 g/mol. The van der Waals surface area contributed by atoms with Gasteiger partial charge in [0.15, 0.2) is 0 Å². The van der Waals surface area contributed by atoms with Gasteiger partial charge in [0.1, 0.15) is 5.82 Å². The van der Waals surface area contributed by atoms with E-state index in [4.69, 9.17) is 0 Å². The summed E-state index contributed by atoms with van der Waals surface area (Å²) in [5, 5.41) is 3.01. The minimum Gasteiger partial charge on any atom is -0.309 e. The summed E-state index contributed by atoms with van der Waals surface area (Å²) in [4.78, 5) is 17.6. The first-order valence-corrected chi connectivity index (χ1v) is 4.62. The van der Waals surface area contributed by atoms with E-state index in [1.54, 1.807) is 25.2 Å². The SMILES string of the molecule is CNC1Cc2cccnc2N(C)C1=O. The molecule has 2 rings (SSSR count). The van der Waals surface area contributed by atoms with Gasteiger partial charge in [-0.15, -0.1) is 0 Å². The molecule has 0 radical (unpaired) electrons. The summed E-state index contributed by atoms with van der Waals surface area (Å²) in [5.74, 6) is 0.864. The fourth-order valence-corrected chi connectivity index (χ4v) is 1.76. The molecule has 0 spiro atoms. The number of hydrogen-bond acceptors (Lipinski definition) is 3. The highest BCUT2D eigenvalue weighted by molar-refractivity contribution is 5.98. The van der Waals surface area contributed by atoms with Gasteiger partial charge in [-0.2, -0.15) is 0 Å². The largest absolute Gasteiger partial charge is 0.309 e. The van der Waals surface area contributed by atoms with Crippen LogP contribution in [0.5, 0.6) is 0 Å². The fraction of sp³-hybridized carbons (Fsp3) is 0.400. The Morgan fingerprint density at radius 2 is 2.43 bits per heavy atom. The van der Waals surface area contributed by atoms with Crippen LogP contribution in [0, 0.1) is 0 Å². The first-order chi connectivity index (χ1) is 6.74. The Morgan fingerprint density at radius 1 is 1.64 bits per heavy atom. The lowest BCUT2D eigenvalue weighted by molar-refractivity contribution is -0.120. The van der Waals surface area contributed by atoms with E-state index >= 15 is 0 Å². The van der Waals surface area contributed by atoms with Gasteiger partial charge in [0, 0.05) is 19.7 Å². The van der Waals surface area contributed by atoms with E-state index in [1.165, 1.54) is 0 Å². The van der Waals surface area contributed by atoms with Gasteiger partial charge in [0.25, 0.3) is 0 Å². The van der Waals surface area contributed by atoms with Crippen LogP contribution in [0.2, 0.25) is 0 Å². The van der Waals surface area contributed by atoms with Crippen molar-refractivity contribution in [2.24, 2.45) is 0 Å². The zero-order valence-electron chi connectivity index (χ0n) is 8.32. The molecule has 0 saturated heterocycles. The third-order valence-electron chi connectivity index (χ3n) is 2.59. The summed E-state index contributed by atoms with van der Waals surface area (Å²) in [7, 11) is 3.56. The van der Waals surface area contributed by atoms with Crippen LogP contribution in [-0.4, -0.2) is 31.0 Å². The first kappa shape index (κ1) is 9.15.